The first-order valence-corrected chi connectivity index (χ1v) is 4.69. The van der Waals surface area contributed by atoms with Gasteiger partial charge in [0.1, 0.15) is 12.0 Å². The number of carbonyl (C=O) groups excluding carboxylic acids is 1. The van der Waals surface area contributed by atoms with Crippen LogP contribution in [0, 0.1) is 6.92 Å². The molecule has 0 aliphatic rings. The molecule has 1 aromatic carbocycles. The van der Waals surface area contributed by atoms with Gasteiger partial charge in [-0.2, -0.15) is 0 Å². The molecule has 1 heterocycles. The Labute approximate surface area is 91.7 Å². The zero-order chi connectivity index (χ0) is 11.5. The van der Waals surface area contributed by atoms with Crippen molar-refractivity contribution in [3.63, 3.8) is 0 Å². The van der Waals surface area contributed by atoms with Crippen molar-refractivity contribution in [2.75, 3.05) is 5.32 Å². The van der Waals surface area contributed by atoms with Crippen molar-refractivity contribution >= 4 is 11.7 Å². The number of nitrogens with one attached hydrogen (secondary N) is 1. The summed E-state index contributed by atoms with van der Waals surface area (Å²) in [5.41, 5.74) is 0.937. The highest BCUT2D eigenvalue weighted by Crippen LogP contribution is 2.20. The van der Waals surface area contributed by atoms with Crippen LogP contribution < -0.4 is 5.32 Å². The van der Waals surface area contributed by atoms with Crippen LogP contribution in [0.25, 0.3) is 0 Å². The van der Waals surface area contributed by atoms with E-state index < -0.39 is 0 Å². The molecule has 0 fully saturated rings. The van der Waals surface area contributed by atoms with Crippen LogP contribution in [-0.4, -0.2) is 16.2 Å². The van der Waals surface area contributed by atoms with E-state index in [1.807, 2.05) is 0 Å². The lowest BCUT2D eigenvalue weighted by Gasteiger charge is -2.06. The maximum absolute atomic E-state index is 11.8. The summed E-state index contributed by atoms with van der Waals surface area (Å²) in [6.45, 7) is 1.67. The van der Waals surface area contributed by atoms with E-state index in [1.165, 1.54) is 18.4 Å². The number of rotatable bonds is 2. The van der Waals surface area contributed by atoms with Crippen LogP contribution >= 0.6 is 0 Å². The van der Waals surface area contributed by atoms with Crippen molar-refractivity contribution in [3.05, 3.63) is 41.7 Å². The highest BCUT2D eigenvalue weighted by atomic mass is 16.5. The van der Waals surface area contributed by atoms with E-state index in [0.29, 0.717) is 16.9 Å². The van der Waals surface area contributed by atoms with Crippen LogP contribution in [0.15, 0.2) is 35.1 Å². The first kappa shape index (κ1) is 10.2. The molecule has 1 aromatic heterocycles. The van der Waals surface area contributed by atoms with Gasteiger partial charge in [0.2, 0.25) is 0 Å². The molecule has 0 aliphatic carbocycles. The number of nitrogens with zero attached hydrogens (tertiary/aromatic N) is 1. The largest absolute Gasteiger partial charge is 0.508 e. The average molecular weight is 218 g/mol. The number of benzene rings is 1. The van der Waals surface area contributed by atoms with Crippen LogP contribution in [0.1, 0.15) is 15.9 Å². The molecule has 0 aliphatic heterocycles. The number of hydrogen-bond donors (Lipinski definition) is 2. The van der Waals surface area contributed by atoms with Crippen LogP contribution in [0.3, 0.4) is 0 Å². The monoisotopic (exact) mass is 218 g/mol. The number of hydrogen-bond acceptors (Lipinski definition) is 4. The smallest absolute Gasteiger partial charge is 0.257 e. The summed E-state index contributed by atoms with van der Waals surface area (Å²) in [7, 11) is 0. The van der Waals surface area contributed by atoms with Gasteiger partial charge in [0.15, 0.2) is 5.82 Å². The molecule has 0 atom stereocenters. The Bertz CT molecular complexity index is 506. The van der Waals surface area contributed by atoms with Gasteiger partial charge in [0, 0.05) is 17.2 Å². The Kier molecular flexibility index (Phi) is 2.59. The fourth-order valence-electron chi connectivity index (χ4n) is 1.33. The van der Waals surface area contributed by atoms with Gasteiger partial charge in [-0.1, -0.05) is 11.2 Å². The minimum Gasteiger partial charge on any atom is -0.508 e. The predicted molar refractivity (Wildman–Crippen MR) is 57.3 cm³/mol. The fourth-order valence-corrected chi connectivity index (χ4v) is 1.33. The molecule has 0 spiro atoms. The van der Waals surface area contributed by atoms with Crippen LogP contribution in [0.4, 0.5) is 5.82 Å². The lowest BCUT2D eigenvalue weighted by Crippen LogP contribution is -2.13. The van der Waals surface area contributed by atoms with Crippen LogP contribution in [-0.2, 0) is 0 Å². The highest BCUT2D eigenvalue weighted by Gasteiger charge is 2.12. The second-order valence-corrected chi connectivity index (χ2v) is 3.29. The summed E-state index contributed by atoms with van der Waals surface area (Å²) in [6, 6.07) is 6.31. The summed E-state index contributed by atoms with van der Waals surface area (Å²) in [5, 5.41) is 15.6. The van der Waals surface area contributed by atoms with E-state index in [0.717, 1.165) is 0 Å². The zero-order valence-electron chi connectivity index (χ0n) is 8.60. The Balaban J connectivity index is 2.24. The van der Waals surface area contributed by atoms with Gasteiger partial charge in [0.25, 0.3) is 5.91 Å². The SMILES string of the molecule is Cc1c(O)cccc1C(=O)Nc1ccon1. The first-order chi connectivity index (χ1) is 7.68. The lowest BCUT2D eigenvalue weighted by atomic mass is 10.1. The van der Waals surface area contributed by atoms with E-state index in [9.17, 15) is 9.90 Å². The summed E-state index contributed by atoms with van der Waals surface area (Å²) in [5.74, 6) is 0.0999. The summed E-state index contributed by atoms with van der Waals surface area (Å²) < 4.78 is 4.59. The van der Waals surface area contributed by atoms with Crippen LogP contribution in [0.2, 0.25) is 0 Å². The molecule has 0 unspecified atom stereocenters. The second-order valence-electron chi connectivity index (χ2n) is 3.29. The van der Waals surface area contributed by atoms with Gasteiger partial charge < -0.3 is 14.9 Å². The second kappa shape index (κ2) is 4.06. The van der Waals surface area contributed by atoms with Crippen molar-refractivity contribution in [1.29, 1.82) is 0 Å². The molecule has 5 heteroatoms. The van der Waals surface area contributed by atoms with Crippen molar-refractivity contribution in [3.8, 4) is 5.75 Å². The van der Waals surface area contributed by atoms with Crippen molar-refractivity contribution < 1.29 is 14.4 Å². The van der Waals surface area contributed by atoms with Gasteiger partial charge in [-0.25, -0.2) is 0 Å². The third-order valence-corrected chi connectivity index (χ3v) is 2.23. The van der Waals surface area contributed by atoms with E-state index in [4.69, 9.17) is 0 Å². The average Bonchev–Trinajstić information content (AvgIpc) is 2.74. The van der Waals surface area contributed by atoms with Gasteiger partial charge in [0.05, 0.1) is 0 Å². The van der Waals surface area contributed by atoms with E-state index >= 15 is 0 Å². The number of carbonyl (C=O) groups is 1. The number of phenolic OH excluding ortho intramolecular Hbond substituents is 1. The number of anilines is 1. The first-order valence-electron chi connectivity index (χ1n) is 4.69. The van der Waals surface area contributed by atoms with E-state index in [2.05, 4.69) is 15.0 Å². The predicted octanol–water partition coefficient (Wildman–Crippen LogP) is 1.94. The molecule has 0 bridgehead atoms. The molecular formula is C11H10N2O3. The van der Waals surface area contributed by atoms with E-state index in [1.54, 1.807) is 19.1 Å². The number of amides is 1. The van der Waals surface area contributed by atoms with Gasteiger partial charge in [-0.3, -0.25) is 4.79 Å². The van der Waals surface area contributed by atoms with Gasteiger partial charge in [-0.15, -0.1) is 0 Å². The number of phenols is 1. The molecule has 2 aromatic rings. The van der Waals surface area contributed by atoms with Crippen molar-refractivity contribution in [2.45, 2.75) is 6.92 Å². The molecule has 5 nitrogen and oxygen atoms in total. The minimum atomic E-state index is -0.331. The fraction of sp³-hybridized carbons (Fsp3) is 0.0909. The molecule has 2 N–H and O–H groups in total. The normalized spacial score (nSPS) is 10.1. The summed E-state index contributed by atoms with van der Waals surface area (Å²) in [6.07, 6.45) is 1.37. The molecule has 82 valence electrons. The van der Waals surface area contributed by atoms with Crippen LogP contribution in [0.5, 0.6) is 5.75 Å². The Hall–Kier alpha value is -2.30. The topological polar surface area (TPSA) is 75.4 Å². The molecule has 0 saturated carbocycles. The lowest BCUT2D eigenvalue weighted by molar-refractivity contribution is 0.102. The molecule has 0 radical (unpaired) electrons. The Morgan fingerprint density at radius 2 is 2.25 bits per heavy atom. The number of aromatic nitrogens is 1. The molecule has 1 amide bonds. The molecule has 0 saturated heterocycles. The highest BCUT2D eigenvalue weighted by molar-refractivity contribution is 6.05. The quantitative estimate of drug-likeness (QED) is 0.807. The molecule has 2 rings (SSSR count). The summed E-state index contributed by atoms with van der Waals surface area (Å²) in [4.78, 5) is 11.8. The Morgan fingerprint density at radius 3 is 2.94 bits per heavy atom. The Morgan fingerprint density at radius 1 is 1.44 bits per heavy atom. The third-order valence-electron chi connectivity index (χ3n) is 2.23. The molecular weight excluding hydrogens is 208 g/mol. The summed E-state index contributed by atoms with van der Waals surface area (Å²) >= 11 is 0. The van der Waals surface area contributed by atoms with Gasteiger partial charge >= 0.3 is 0 Å². The van der Waals surface area contributed by atoms with Gasteiger partial charge in [-0.05, 0) is 19.1 Å². The third kappa shape index (κ3) is 1.88. The number of aromatic hydroxyl groups is 1. The minimum absolute atomic E-state index is 0.0906. The van der Waals surface area contributed by atoms with Crippen molar-refractivity contribution in [2.24, 2.45) is 0 Å². The maximum Gasteiger partial charge on any atom is 0.257 e. The maximum atomic E-state index is 11.8. The van der Waals surface area contributed by atoms with E-state index in [-0.39, 0.29) is 11.7 Å². The standard InChI is InChI=1S/C11H10N2O3/c1-7-8(3-2-4-9(7)14)11(15)12-10-5-6-16-13-10/h2-6,14H,1H3,(H,12,13,15). The van der Waals surface area contributed by atoms with Crippen molar-refractivity contribution in [1.82, 2.24) is 5.16 Å². The molecule has 16 heavy (non-hydrogen) atoms. The zero-order valence-corrected chi connectivity index (χ0v) is 8.60.